The molecule has 0 spiro atoms. The summed E-state index contributed by atoms with van der Waals surface area (Å²) >= 11 is 0. The van der Waals surface area contributed by atoms with E-state index in [9.17, 15) is 4.79 Å². The molecule has 3 aromatic rings. The van der Waals surface area contributed by atoms with Crippen LogP contribution in [0.1, 0.15) is 35.3 Å². The van der Waals surface area contributed by atoms with Crippen molar-refractivity contribution >= 4 is 23.1 Å². The van der Waals surface area contributed by atoms with Crippen LogP contribution in [0.3, 0.4) is 0 Å². The second-order valence-electron chi connectivity index (χ2n) is 7.07. The predicted molar refractivity (Wildman–Crippen MR) is 114 cm³/mol. The van der Waals surface area contributed by atoms with Gasteiger partial charge in [0.05, 0.1) is 0 Å². The molecule has 0 aliphatic carbocycles. The maximum Gasteiger partial charge on any atom is 0.276 e. The molecule has 4 rings (SSSR count). The highest BCUT2D eigenvalue weighted by Gasteiger charge is 2.12. The highest BCUT2D eigenvalue weighted by molar-refractivity contribution is 6.02. The number of nitrogens with one attached hydrogen (secondary N) is 2. The van der Waals surface area contributed by atoms with Crippen molar-refractivity contribution in [1.82, 2.24) is 15.2 Å². The van der Waals surface area contributed by atoms with Gasteiger partial charge in [0.15, 0.2) is 5.69 Å². The van der Waals surface area contributed by atoms with Crippen LogP contribution in [0.15, 0.2) is 60.9 Å². The molecule has 29 heavy (non-hydrogen) atoms. The van der Waals surface area contributed by atoms with Crippen LogP contribution >= 0.6 is 0 Å². The highest BCUT2D eigenvalue weighted by atomic mass is 16.1. The van der Waals surface area contributed by atoms with Crippen LogP contribution < -0.4 is 15.5 Å². The van der Waals surface area contributed by atoms with E-state index in [2.05, 4.69) is 42.8 Å². The molecule has 3 heterocycles. The summed E-state index contributed by atoms with van der Waals surface area (Å²) in [5.74, 6) is 0.332. The number of pyridine rings is 1. The number of carbonyl (C=O) groups is 1. The molecule has 2 aromatic heterocycles. The molecule has 148 valence electrons. The summed E-state index contributed by atoms with van der Waals surface area (Å²) in [7, 11) is 0. The first-order valence-electron chi connectivity index (χ1n) is 9.91. The van der Waals surface area contributed by atoms with Crippen LogP contribution in [-0.4, -0.2) is 34.2 Å². The molecule has 1 amide bonds. The van der Waals surface area contributed by atoms with Gasteiger partial charge in [-0.15, -0.1) is 10.2 Å². The third-order valence-electron chi connectivity index (χ3n) is 4.94. The minimum absolute atomic E-state index is 0.275. The molecule has 0 atom stereocenters. The van der Waals surface area contributed by atoms with Gasteiger partial charge in [-0.2, -0.15) is 0 Å². The zero-order chi connectivity index (χ0) is 19.9. The van der Waals surface area contributed by atoms with Crippen LogP contribution in [0.5, 0.6) is 0 Å². The molecule has 0 saturated carbocycles. The van der Waals surface area contributed by atoms with Crippen LogP contribution in [0.25, 0.3) is 0 Å². The number of amides is 1. The van der Waals surface area contributed by atoms with Crippen molar-refractivity contribution in [2.75, 3.05) is 28.6 Å². The summed E-state index contributed by atoms with van der Waals surface area (Å²) in [6, 6.07) is 15.2. The normalized spacial score (nSPS) is 13.7. The average molecular weight is 388 g/mol. The molecule has 7 nitrogen and oxygen atoms in total. The maximum absolute atomic E-state index is 12.4. The zero-order valence-electron chi connectivity index (χ0n) is 16.2. The molecular formula is C22H24N6O. The molecule has 2 N–H and O–H groups in total. The molecule has 0 unspecified atom stereocenters. The molecule has 0 bridgehead atoms. The zero-order valence-corrected chi connectivity index (χ0v) is 16.2. The summed E-state index contributed by atoms with van der Waals surface area (Å²) in [6.45, 7) is 2.79. The van der Waals surface area contributed by atoms with Crippen molar-refractivity contribution in [2.45, 2.75) is 25.8 Å². The number of benzene rings is 1. The first kappa shape index (κ1) is 18.9. The van der Waals surface area contributed by atoms with E-state index in [1.807, 2.05) is 24.3 Å². The van der Waals surface area contributed by atoms with Crippen LogP contribution in [0.2, 0.25) is 0 Å². The van der Waals surface area contributed by atoms with Crippen molar-refractivity contribution < 1.29 is 4.79 Å². The summed E-state index contributed by atoms with van der Waals surface area (Å²) in [5, 5.41) is 14.2. The summed E-state index contributed by atoms with van der Waals surface area (Å²) in [5.41, 5.74) is 3.27. The number of hydrogen-bond acceptors (Lipinski definition) is 6. The fourth-order valence-electron chi connectivity index (χ4n) is 3.35. The van der Waals surface area contributed by atoms with Gasteiger partial charge in [0.1, 0.15) is 5.82 Å². The maximum atomic E-state index is 12.4. The van der Waals surface area contributed by atoms with Gasteiger partial charge in [-0.25, -0.2) is 0 Å². The Bertz CT molecular complexity index is 922. The van der Waals surface area contributed by atoms with Crippen molar-refractivity contribution in [1.29, 1.82) is 0 Å². The molecule has 1 fully saturated rings. The van der Waals surface area contributed by atoms with E-state index < -0.39 is 0 Å². The second kappa shape index (κ2) is 9.14. The number of rotatable bonds is 6. The molecule has 1 aliphatic heterocycles. The van der Waals surface area contributed by atoms with Crippen LogP contribution in [0.4, 0.5) is 17.2 Å². The lowest BCUT2D eigenvalue weighted by atomic mass is 10.1. The van der Waals surface area contributed by atoms with E-state index in [0.29, 0.717) is 12.4 Å². The summed E-state index contributed by atoms with van der Waals surface area (Å²) in [4.78, 5) is 18.9. The standard InChI is InChI=1S/C22H24N6O/c29-22(25-18-6-8-19(9-7-18)28-13-2-1-3-14-28)20-10-11-21(27-26-20)24-16-17-5-4-12-23-15-17/h4-12,15H,1-3,13-14,16H2,(H,24,27)(H,25,29). The van der Waals surface area contributed by atoms with E-state index in [0.717, 1.165) is 24.3 Å². The quantitative estimate of drug-likeness (QED) is 0.670. The lowest BCUT2D eigenvalue weighted by Gasteiger charge is -2.28. The van der Waals surface area contributed by atoms with Crippen molar-refractivity contribution in [3.05, 3.63) is 72.2 Å². The third-order valence-corrected chi connectivity index (χ3v) is 4.94. The predicted octanol–water partition coefficient (Wildman–Crippen LogP) is 3.73. The Labute approximate surface area is 170 Å². The number of nitrogens with zero attached hydrogens (tertiary/aromatic N) is 4. The van der Waals surface area contributed by atoms with Gasteiger partial charge < -0.3 is 15.5 Å². The van der Waals surface area contributed by atoms with Crippen LogP contribution in [-0.2, 0) is 6.54 Å². The summed E-state index contributed by atoms with van der Waals surface area (Å²) < 4.78 is 0. The topological polar surface area (TPSA) is 83.0 Å². The Hall–Kier alpha value is -3.48. The van der Waals surface area contributed by atoms with Gasteiger partial charge in [-0.05, 0) is 67.3 Å². The van der Waals surface area contributed by atoms with E-state index in [4.69, 9.17) is 0 Å². The number of aromatic nitrogens is 3. The third kappa shape index (κ3) is 5.07. The summed E-state index contributed by atoms with van der Waals surface area (Å²) in [6.07, 6.45) is 7.31. The molecule has 7 heteroatoms. The van der Waals surface area contributed by atoms with Gasteiger partial charge in [-0.1, -0.05) is 6.07 Å². The fraction of sp³-hybridized carbons (Fsp3) is 0.273. The lowest BCUT2D eigenvalue weighted by molar-refractivity contribution is 0.102. The highest BCUT2D eigenvalue weighted by Crippen LogP contribution is 2.22. The molecule has 0 radical (unpaired) electrons. The van der Waals surface area contributed by atoms with Crippen LogP contribution in [0, 0.1) is 0 Å². The Balaban J connectivity index is 1.32. The number of piperidine rings is 1. The fourth-order valence-corrected chi connectivity index (χ4v) is 3.35. The van der Waals surface area contributed by atoms with Gasteiger partial charge in [0.2, 0.25) is 0 Å². The van der Waals surface area contributed by atoms with Gasteiger partial charge >= 0.3 is 0 Å². The number of hydrogen-bond donors (Lipinski definition) is 2. The molecule has 1 aromatic carbocycles. The van der Waals surface area contributed by atoms with Crippen molar-refractivity contribution in [3.8, 4) is 0 Å². The first-order chi connectivity index (χ1) is 14.3. The van der Waals surface area contributed by atoms with Crippen molar-refractivity contribution in [2.24, 2.45) is 0 Å². The monoisotopic (exact) mass is 388 g/mol. The number of carbonyl (C=O) groups excluding carboxylic acids is 1. The van der Waals surface area contributed by atoms with Gasteiger partial charge in [0.25, 0.3) is 5.91 Å². The van der Waals surface area contributed by atoms with E-state index in [1.54, 1.807) is 24.5 Å². The lowest BCUT2D eigenvalue weighted by Crippen LogP contribution is -2.29. The van der Waals surface area contributed by atoms with Gasteiger partial charge in [-0.3, -0.25) is 9.78 Å². The Morgan fingerprint density at radius 2 is 1.79 bits per heavy atom. The Morgan fingerprint density at radius 1 is 0.966 bits per heavy atom. The molecular weight excluding hydrogens is 364 g/mol. The van der Waals surface area contributed by atoms with Gasteiger partial charge in [0, 0.05) is 43.4 Å². The van der Waals surface area contributed by atoms with E-state index in [-0.39, 0.29) is 11.6 Å². The minimum atomic E-state index is -0.276. The molecule has 1 saturated heterocycles. The number of anilines is 3. The largest absolute Gasteiger partial charge is 0.372 e. The Kier molecular flexibility index (Phi) is 5.95. The van der Waals surface area contributed by atoms with E-state index in [1.165, 1.54) is 24.9 Å². The van der Waals surface area contributed by atoms with E-state index >= 15 is 0 Å². The second-order valence-corrected chi connectivity index (χ2v) is 7.07. The Morgan fingerprint density at radius 3 is 2.48 bits per heavy atom. The average Bonchev–Trinajstić information content (AvgIpc) is 2.80. The molecule has 1 aliphatic rings. The SMILES string of the molecule is O=C(Nc1ccc(N2CCCCC2)cc1)c1ccc(NCc2cccnc2)nn1. The smallest absolute Gasteiger partial charge is 0.276 e. The minimum Gasteiger partial charge on any atom is -0.372 e. The van der Waals surface area contributed by atoms with Crippen molar-refractivity contribution in [3.63, 3.8) is 0 Å². The first-order valence-corrected chi connectivity index (χ1v) is 9.91.